The monoisotopic (exact) mass is 315 g/mol. The van der Waals surface area contributed by atoms with Crippen LogP contribution in [0.15, 0.2) is 24.4 Å². The van der Waals surface area contributed by atoms with Crippen LogP contribution in [0.4, 0.5) is 5.82 Å². The third kappa shape index (κ3) is 3.88. The van der Waals surface area contributed by atoms with E-state index in [-0.39, 0.29) is 5.91 Å². The number of amides is 1. The molecule has 0 radical (unpaired) electrons. The molecule has 0 saturated carbocycles. The Balaban J connectivity index is 2.14. The van der Waals surface area contributed by atoms with Gasteiger partial charge in [0.15, 0.2) is 0 Å². The highest BCUT2D eigenvalue weighted by atomic mass is 16.2. The van der Waals surface area contributed by atoms with Crippen LogP contribution in [-0.4, -0.2) is 34.8 Å². The van der Waals surface area contributed by atoms with Crippen molar-refractivity contribution < 1.29 is 4.79 Å². The van der Waals surface area contributed by atoms with E-state index in [1.54, 1.807) is 10.9 Å². The molecule has 0 saturated heterocycles. The molecule has 0 aliphatic heterocycles. The Morgan fingerprint density at radius 3 is 2.74 bits per heavy atom. The van der Waals surface area contributed by atoms with E-state index in [9.17, 15) is 4.79 Å². The van der Waals surface area contributed by atoms with Crippen molar-refractivity contribution >= 4 is 11.7 Å². The maximum absolute atomic E-state index is 12.5. The molecule has 0 atom stereocenters. The lowest BCUT2D eigenvalue weighted by atomic mass is 10.1. The smallest absolute Gasteiger partial charge is 0.269 e. The normalized spacial score (nSPS) is 10.9. The molecule has 0 spiro atoms. The van der Waals surface area contributed by atoms with Crippen LogP contribution in [0.5, 0.6) is 0 Å². The Morgan fingerprint density at radius 2 is 2.13 bits per heavy atom. The first-order valence-electron chi connectivity index (χ1n) is 7.91. The summed E-state index contributed by atoms with van der Waals surface area (Å²) in [5.41, 5.74) is 2.52. The van der Waals surface area contributed by atoms with Crippen LogP contribution in [-0.2, 0) is 13.1 Å². The number of aryl methyl sites for hydroxylation is 1. The van der Waals surface area contributed by atoms with Crippen molar-refractivity contribution in [2.45, 2.75) is 39.8 Å². The van der Waals surface area contributed by atoms with Crippen molar-refractivity contribution in [3.8, 4) is 0 Å². The van der Waals surface area contributed by atoms with Crippen molar-refractivity contribution in [3.05, 3.63) is 41.3 Å². The fraction of sp³-hybridized carbons (Fsp3) is 0.471. The molecule has 0 aliphatic rings. The van der Waals surface area contributed by atoms with E-state index < -0.39 is 0 Å². The van der Waals surface area contributed by atoms with Crippen LogP contribution in [0.1, 0.15) is 48.4 Å². The predicted octanol–water partition coefficient (Wildman–Crippen LogP) is 2.42. The van der Waals surface area contributed by atoms with Crippen molar-refractivity contribution in [2.75, 3.05) is 19.0 Å². The average Bonchev–Trinajstić information content (AvgIpc) is 2.97. The van der Waals surface area contributed by atoms with Crippen LogP contribution < -0.4 is 10.2 Å². The second kappa shape index (κ2) is 7.26. The van der Waals surface area contributed by atoms with Gasteiger partial charge in [-0.05, 0) is 25.0 Å². The number of hydrogen-bond donors (Lipinski definition) is 1. The Labute approximate surface area is 137 Å². The number of carbonyl (C=O) groups is 1. The van der Waals surface area contributed by atoms with Gasteiger partial charge in [0, 0.05) is 38.9 Å². The van der Waals surface area contributed by atoms with E-state index in [0.717, 1.165) is 17.1 Å². The summed E-state index contributed by atoms with van der Waals surface area (Å²) in [4.78, 5) is 18.8. The molecule has 23 heavy (non-hydrogen) atoms. The number of carbonyl (C=O) groups excluding carboxylic acids is 1. The number of nitrogens with zero attached hydrogens (tertiary/aromatic N) is 4. The number of pyridine rings is 1. The van der Waals surface area contributed by atoms with E-state index in [2.05, 4.69) is 29.2 Å². The number of nitrogens with one attached hydrogen (secondary N) is 1. The maximum atomic E-state index is 12.5. The molecule has 0 unspecified atom stereocenters. The number of anilines is 1. The third-order valence-corrected chi connectivity index (χ3v) is 3.65. The van der Waals surface area contributed by atoms with Gasteiger partial charge in [0.25, 0.3) is 5.91 Å². The highest BCUT2D eigenvalue weighted by Crippen LogP contribution is 2.16. The first-order valence-corrected chi connectivity index (χ1v) is 7.91. The zero-order chi connectivity index (χ0) is 17.0. The largest absolute Gasteiger partial charge is 0.362 e. The molecule has 1 amide bonds. The second-order valence-corrected chi connectivity index (χ2v) is 5.99. The zero-order valence-electron chi connectivity index (χ0n) is 14.5. The van der Waals surface area contributed by atoms with Crippen LogP contribution in [0.25, 0.3) is 0 Å². The minimum absolute atomic E-state index is 0.111. The van der Waals surface area contributed by atoms with E-state index in [1.165, 1.54) is 0 Å². The summed E-state index contributed by atoms with van der Waals surface area (Å²) >= 11 is 0. The van der Waals surface area contributed by atoms with Gasteiger partial charge in [0.2, 0.25) is 0 Å². The maximum Gasteiger partial charge on any atom is 0.269 e. The fourth-order valence-corrected chi connectivity index (χ4v) is 2.38. The molecular formula is C17H25N5O. The number of aromatic nitrogens is 3. The van der Waals surface area contributed by atoms with Crippen molar-refractivity contribution in [1.29, 1.82) is 0 Å². The molecular weight excluding hydrogens is 290 g/mol. The summed E-state index contributed by atoms with van der Waals surface area (Å²) in [5, 5.41) is 7.46. The zero-order valence-corrected chi connectivity index (χ0v) is 14.5. The Morgan fingerprint density at radius 1 is 1.39 bits per heavy atom. The lowest BCUT2D eigenvalue weighted by Gasteiger charge is -2.16. The Kier molecular flexibility index (Phi) is 5.36. The standard InChI is InChI=1S/C17H25N5O/c1-6-22-15(10-14(20-22)12(2)3)17(23)19-11-13-8-7-9-18-16(13)21(4)5/h7-10,12H,6,11H2,1-5H3,(H,19,23). The van der Waals surface area contributed by atoms with Crippen LogP contribution in [0.2, 0.25) is 0 Å². The molecule has 1 N–H and O–H groups in total. The van der Waals surface area contributed by atoms with Crippen molar-refractivity contribution in [2.24, 2.45) is 0 Å². The van der Waals surface area contributed by atoms with Gasteiger partial charge in [0.05, 0.1) is 5.69 Å². The van der Waals surface area contributed by atoms with E-state index in [0.29, 0.717) is 24.7 Å². The molecule has 0 bridgehead atoms. The highest BCUT2D eigenvalue weighted by molar-refractivity contribution is 5.92. The second-order valence-electron chi connectivity index (χ2n) is 5.99. The molecule has 124 valence electrons. The molecule has 6 heteroatoms. The van der Waals surface area contributed by atoms with Gasteiger partial charge in [0.1, 0.15) is 11.5 Å². The van der Waals surface area contributed by atoms with Crippen LogP contribution in [0.3, 0.4) is 0 Å². The van der Waals surface area contributed by atoms with Gasteiger partial charge in [-0.15, -0.1) is 0 Å². The molecule has 0 aliphatic carbocycles. The summed E-state index contributed by atoms with van der Waals surface area (Å²) in [7, 11) is 3.88. The van der Waals surface area contributed by atoms with Gasteiger partial charge >= 0.3 is 0 Å². The van der Waals surface area contributed by atoms with Gasteiger partial charge in [-0.25, -0.2) is 4.98 Å². The summed E-state index contributed by atoms with van der Waals surface area (Å²) in [6.07, 6.45) is 1.75. The lowest BCUT2D eigenvalue weighted by Crippen LogP contribution is -2.26. The molecule has 0 fully saturated rings. The van der Waals surface area contributed by atoms with Crippen molar-refractivity contribution in [3.63, 3.8) is 0 Å². The van der Waals surface area contributed by atoms with Gasteiger partial charge in [-0.1, -0.05) is 19.9 Å². The van der Waals surface area contributed by atoms with E-state index in [4.69, 9.17) is 0 Å². The lowest BCUT2D eigenvalue weighted by molar-refractivity contribution is 0.0940. The molecule has 2 aromatic heterocycles. The van der Waals surface area contributed by atoms with E-state index >= 15 is 0 Å². The molecule has 0 aromatic carbocycles. The molecule has 6 nitrogen and oxygen atoms in total. The minimum Gasteiger partial charge on any atom is -0.362 e. The number of rotatable bonds is 6. The Bertz CT molecular complexity index is 675. The van der Waals surface area contributed by atoms with Crippen LogP contribution in [0, 0.1) is 0 Å². The first kappa shape index (κ1) is 17.0. The molecule has 2 heterocycles. The average molecular weight is 315 g/mol. The van der Waals surface area contributed by atoms with Gasteiger partial charge < -0.3 is 10.2 Å². The number of hydrogen-bond acceptors (Lipinski definition) is 4. The van der Waals surface area contributed by atoms with E-state index in [1.807, 2.05) is 44.1 Å². The van der Waals surface area contributed by atoms with Crippen LogP contribution >= 0.6 is 0 Å². The molecule has 2 aromatic rings. The van der Waals surface area contributed by atoms with Gasteiger partial charge in [-0.2, -0.15) is 5.10 Å². The summed E-state index contributed by atoms with van der Waals surface area (Å²) in [6, 6.07) is 5.72. The SMILES string of the molecule is CCn1nc(C(C)C)cc1C(=O)NCc1cccnc1N(C)C. The van der Waals surface area contributed by atoms with Gasteiger partial charge in [-0.3, -0.25) is 9.48 Å². The van der Waals surface area contributed by atoms with Crippen molar-refractivity contribution in [1.82, 2.24) is 20.1 Å². The summed E-state index contributed by atoms with van der Waals surface area (Å²) < 4.78 is 1.75. The first-order chi connectivity index (χ1) is 10.9. The topological polar surface area (TPSA) is 63.1 Å². The quantitative estimate of drug-likeness (QED) is 0.889. The predicted molar refractivity (Wildman–Crippen MR) is 91.7 cm³/mol. The Hall–Kier alpha value is -2.37. The minimum atomic E-state index is -0.111. The molecule has 2 rings (SSSR count). The third-order valence-electron chi connectivity index (χ3n) is 3.65. The summed E-state index contributed by atoms with van der Waals surface area (Å²) in [5.74, 6) is 1.05. The summed E-state index contributed by atoms with van der Waals surface area (Å²) in [6.45, 7) is 7.24. The fourth-order valence-electron chi connectivity index (χ4n) is 2.38. The highest BCUT2D eigenvalue weighted by Gasteiger charge is 2.16.